The van der Waals surface area contributed by atoms with E-state index < -0.39 is 23.8 Å². The summed E-state index contributed by atoms with van der Waals surface area (Å²) >= 11 is 2.12. The molecule has 4 bridgehead atoms. The normalized spacial score (nSPS) is 26.7. The smallest absolute Gasteiger partial charge is 0.335 e. The molecule has 1 aliphatic heterocycles. The molecular weight excluding hydrogens is 671 g/mol. The number of carbonyl (C=O) groups excluding carboxylic acids is 3. The van der Waals surface area contributed by atoms with Gasteiger partial charge in [0.05, 0.1) is 14.8 Å². The highest BCUT2D eigenvalue weighted by atomic mass is 127. The lowest BCUT2D eigenvalue weighted by Crippen LogP contribution is -2.54. The van der Waals surface area contributed by atoms with E-state index in [0.29, 0.717) is 17.0 Å². The number of barbiturate groups is 1. The maximum atomic E-state index is 13.5. The van der Waals surface area contributed by atoms with Gasteiger partial charge >= 0.3 is 12.0 Å². The molecule has 0 spiro atoms. The van der Waals surface area contributed by atoms with E-state index in [1.165, 1.54) is 62.3 Å². The first-order valence-corrected chi connectivity index (χ1v) is 16.0. The van der Waals surface area contributed by atoms with E-state index >= 15 is 0 Å². The molecule has 9 heteroatoms. The van der Waals surface area contributed by atoms with Crippen LogP contribution in [0.15, 0.2) is 72.3 Å². The summed E-state index contributed by atoms with van der Waals surface area (Å²) in [6.45, 7) is 0.246. The Balaban J connectivity index is 1.07. The number of aromatic carboxylic acids is 1. The molecule has 1 heterocycles. The molecule has 0 atom stereocenters. The second-order valence-electron chi connectivity index (χ2n) is 12.7. The van der Waals surface area contributed by atoms with Gasteiger partial charge in [-0.3, -0.25) is 14.9 Å². The van der Waals surface area contributed by atoms with Gasteiger partial charge in [-0.2, -0.15) is 0 Å². The zero-order valence-electron chi connectivity index (χ0n) is 23.9. The summed E-state index contributed by atoms with van der Waals surface area (Å²) < 4.78 is 6.67. The third-order valence-electron chi connectivity index (χ3n) is 9.74. The van der Waals surface area contributed by atoms with Gasteiger partial charge in [-0.05, 0) is 143 Å². The van der Waals surface area contributed by atoms with Crippen LogP contribution in [0.5, 0.6) is 5.75 Å². The van der Waals surface area contributed by atoms with E-state index in [2.05, 4.69) is 40.0 Å². The quantitative estimate of drug-likeness (QED) is 0.161. The van der Waals surface area contributed by atoms with Crippen LogP contribution in [0.3, 0.4) is 0 Å². The number of carbonyl (C=O) groups is 4. The molecule has 44 heavy (non-hydrogen) atoms. The van der Waals surface area contributed by atoms with Crippen molar-refractivity contribution in [2.75, 3.05) is 4.90 Å². The van der Waals surface area contributed by atoms with Crippen molar-refractivity contribution < 1.29 is 29.0 Å². The Morgan fingerprint density at radius 3 is 2.16 bits per heavy atom. The number of urea groups is 1. The first kappa shape index (κ1) is 28.8. The van der Waals surface area contributed by atoms with Crippen LogP contribution < -0.4 is 15.0 Å². The van der Waals surface area contributed by atoms with Crippen molar-refractivity contribution in [3.05, 3.63) is 98.1 Å². The van der Waals surface area contributed by atoms with Gasteiger partial charge in [0.2, 0.25) is 0 Å². The monoisotopic (exact) mass is 702 g/mol. The van der Waals surface area contributed by atoms with Crippen molar-refractivity contribution in [1.29, 1.82) is 0 Å². The number of carboxylic acids is 1. The Kier molecular flexibility index (Phi) is 7.31. The van der Waals surface area contributed by atoms with E-state index in [0.717, 1.165) is 31.8 Å². The zero-order chi connectivity index (χ0) is 30.6. The summed E-state index contributed by atoms with van der Waals surface area (Å²) in [5, 5.41) is 11.4. The van der Waals surface area contributed by atoms with Gasteiger partial charge in [-0.25, -0.2) is 14.5 Å². The number of halogens is 1. The number of nitrogens with one attached hydrogen (secondary N) is 1. The molecule has 4 aliphatic carbocycles. The van der Waals surface area contributed by atoms with Crippen LogP contribution in [0.25, 0.3) is 6.08 Å². The van der Waals surface area contributed by atoms with Crippen LogP contribution in [-0.4, -0.2) is 28.9 Å². The first-order valence-electron chi connectivity index (χ1n) is 14.9. The fraction of sp³-hybridized carbons (Fsp3) is 0.314. The maximum absolute atomic E-state index is 13.5. The van der Waals surface area contributed by atoms with Gasteiger partial charge in [0.1, 0.15) is 17.9 Å². The lowest BCUT2D eigenvalue weighted by Gasteiger charge is -2.57. The molecule has 1 saturated heterocycles. The average molecular weight is 703 g/mol. The molecule has 3 aromatic rings. The molecule has 8 rings (SSSR count). The van der Waals surface area contributed by atoms with Gasteiger partial charge < -0.3 is 9.84 Å². The number of benzene rings is 3. The average Bonchev–Trinajstić information content (AvgIpc) is 2.98. The number of nitrogens with zero attached hydrogens (tertiary/aromatic N) is 1. The van der Waals surface area contributed by atoms with Crippen LogP contribution in [0.2, 0.25) is 0 Å². The minimum atomic E-state index is -0.986. The Morgan fingerprint density at radius 2 is 1.57 bits per heavy atom. The molecular formula is C35H31IN2O6. The van der Waals surface area contributed by atoms with Crippen molar-refractivity contribution in [3.63, 3.8) is 0 Å². The fourth-order valence-corrected chi connectivity index (χ4v) is 8.81. The molecule has 2 N–H and O–H groups in total. The molecule has 8 nitrogen and oxygen atoms in total. The summed E-state index contributed by atoms with van der Waals surface area (Å²) in [6, 6.07) is 18.8. The lowest BCUT2D eigenvalue weighted by atomic mass is 9.48. The van der Waals surface area contributed by atoms with Crippen molar-refractivity contribution in [2.45, 2.75) is 50.5 Å². The van der Waals surface area contributed by atoms with Crippen molar-refractivity contribution in [3.8, 4) is 5.75 Å². The van der Waals surface area contributed by atoms with Crippen LogP contribution in [0.1, 0.15) is 65.6 Å². The third kappa shape index (κ3) is 5.31. The largest absolute Gasteiger partial charge is 0.488 e. The number of ether oxygens (including phenoxy) is 1. The number of rotatable bonds is 7. The molecule has 4 amide bonds. The molecule has 0 unspecified atom stereocenters. The Labute approximate surface area is 268 Å². The standard InChI is InChI=1S/C35H31IN2O6/c36-29-15-21(3-10-30(29)44-19-20-1-4-25(5-2-20)33(41)42)14-28-31(39)37-34(43)38(32(28)40)27-8-6-26(7-9-27)35-16-22-11-23(17-35)13-24(12-22)18-35/h1-10,14-15,22-24H,11-13,16-19H2,(H,41,42)(H,37,39,43)/b28-14+. The van der Waals surface area contributed by atoms with Crippen LogP contribution in [0.4, 0.5) is 10.5 Å². The minimum absolute atomic E-state index is 0.127. The Bertz CT molecular complexity index is 1680. The molecule has 0 radical (unpaired) electrons. The van der Waals surface area contributed by atoms with E-state index in [1.807, 2.05) is 12.1 Å². The number of carboxylic acid groups (broad SMARTS) is 1. The number of anilines is 1. The van der Waals surface area contributed by atoms with Gasteiger partial charge in [0, 0.05) is 0 Å². The SMILES string of the molecule is O=C1NC(=O)N(c2ccc(C34CC5CC(CC(C5)C3)C4)cc2)C(=O)/C1=C/c1ccc(OCc2ccc(C(=O)O)cc2)c(I)c1. The second-order valence-corrected chi connectivity index (χ2v) is 13.8. The second kappa shape index (κ2) is 11.2. The van der Waals surface area contributed by atoms with Crippen molar-refractivity contribution in [1.82, 2.24) is 5.32 Å². The zero-order valence-corrected chi connectivity index (χ0v) is 26.1. The molecule has 5 fully saturated rings. The molecule has 5 aliphatic rings. The topological polar surface area (TPSA) is 113 Å². The summed E-state index contributed by atoms with van der Waals surface area (Å²) in [4.78, 5) is 51.3. The lowest BCUT2D eigenvalue weighted by molar-refractivity contribution is -0.122. The summed E-state index contributed by atoms with van der Waals surface area (Å²) in [5.74, 6) is 0.662. The minimum Gasteiger partial charge on any atom is -0.488 e. The Morgan fingerprint density at radius 1 is 0.932 bits per heavy atom. The number of hydrogen-bond donors (Lipinski definition) is 2. The molecule has 3 aromatic carbocycles. The number of imide groups is 2. The van der Waals surface area contributed by atoms with Crippen molar-refractivity contribution in [2.24, 2.45) is 17.8 Å². The number of hydrogen-bond acceptors (Lipinski definition) is 5. The summed E-state index contributed by atoms with van der Waals surface area (Å²) in [6.07, 6.45) is 9.26. The highest BCUT2D eigenvalue weighted by Gasteiger charge is 2.51. The van der Waals surface area contributed by atoms with E-state index in [-0.39, 0.29) is 23.2 Å². The molecule has 4 saturated carbocycles. The van der Waals surface area contributed by atoms with Crippen LogP contribution in [-0.2, 0) is 21.6 Å². The van der Waals surface area contributed by atoms with Gasteiger partial charge in [0.15, 0.2) is 0 Å². The van der Waals surface area contributed by atoms with Gasteiger partial charge in [-0.15, -0.1) is 0 Å². The first-order chi connectivity index (χ1) is 21.2. The number of amides is 4. The van der Waals surface area contributed by atoms with E-state index in [9.17, 15) is 19.2 Å². The fourth-order valence-electron chi connectivity index (χ4n) is 8.12. The molecule has 224 valence electrons. The van der Waals surface area contributed by atoms with Gasteiger partial charge in [0.25, 0.3) is 11.8 Å². The van der Waals surface area contributed by atoms with Crippen LogP contribution in [0, 0.1) is 21.3 Å². The predicted octanol–water partition coefficient (Wildman–Crippen LogP) is 6.70. The highest BCUT2D eigenvalue weighted by molar-refractivity contribution is 14.1. The van der Waals surface area contributed by atoms with Crippen LogP contribution >= 0.6 is 22.6 Å². The van der Waals surface area contributed by atoms with E-state index in [1.54, 1.807) is 30.3 Å². The highest BCUT2D eigenvalue weighted by Crippen LogP contribution is 2.60. The summed E-state index contributed by atoms with van der Waals surface area (Å²) in [5.41, 5.74) is 3.45. The molecule has 0 aromatic heterocycles. The van der Waals surface area contributed by atoms with Gasteiger partial charge in [-0.1, -0.05) is 30.3 Å². The van der Waals surface area contributed by atoms with Crippen molar-refractivity contribution >= 4 is 58.2 Å². The van der Waals surface area contributed by atoms with E-state index in [4.69, 9.17) is 9.84 Å². The maximum Gasteiger partial charge on any atom is 0.335 e. The Hall–Kier alpha value is -3.99. The predicted molar refractivity (Wildman–Crippen MR) is 172 cm³/mol. The third-order valence-corrected chi connectivity index (χ3v) is 10.6. The summed E-state index contributed by atoms with van der Waals surface area (Å²) in [7, 11) is 0.